The molecule has 0 saturated heterocycles. The average Bonchev–Trinajstić information content (AvgIpc) is 3.82. The van der Waals surface area contributed by atoms with E-state index >= 15 is 0 Å². The first-order valence-electron chi connectivity index (χ1n) is 25.7. The van der Waals surface area contributed by atoms with Crippen LogP contribution >= 0.6 is 0 Å². The molecule has 0 aliphatic heterocycles. The Balaban J connectivity index is 1.52. The fraction of sp³-hybridized carbons (Fsp3) is 0.455. The van der Waals surface area contributed by atoms with Crippen molar-refractivity contribution < 1.29 is 58.2 Å². The van der Waals surface area contributed by atoms with E-state index in [1.807, 2.05) is 24.3 Å². The quantitative estimate of drug-likeness (QED) is 0.0305. The second kappa shape index (κ2) is 30.5. The van der Waals surface area contributed by atoms with E-state index in [2.05, 4.69) is 47.5 Å². The van der Waals surface area contributed by atoms with Crippen LogP contribution in [0, 0.1) is 17.8 Å². The van der Waals surface area contributed by atoms with Gasteiger partial charge in [0.25, 0.3) is 0 Å². The summed E-state index contributed by atoms with van der Waals surface area (Å²) >= 11 is 0. The molecule has 0 unspecified atom stereocenters. The lowest BCUT2D eigenvalue weighted by Crippen LogP contribution is -2.62. The van der Waals surface area contributed by atoms with Gasteiger partial charge in [0.1, 0.15) is 42.5 Å². The number of nitrogens with one attached hydrogen (secondary N) is 9. The zero-order valence-electron chi connectivity index (χ0n) is 44.3. The minimum absolute atomic E-state index is 0.0943. The van der Waals surface area contributed by atoms with Gasteiger partial charge in [0, 0.05) is 42.8 Å². The topological polar surface area (TPSA) is 349 Å². The van der Waals surface area contributed by atoms with Crippen LogP contribution in [-0.4, -0.2) is 136 Å². The summed E-state index contributed by atoms with van der Waals surface area (Å²) < 4.78 is 0. The third-order valence-electron chi connectivity index (χ3n) is 13.0. The van der Waals surface area contributed by atoms with Gasteiger partial charge < -0.3 is 68.3 Å². The Morgan fingerprint density at radius 2 is 1.09 bits per heavy atom. The van der Waals surface area contributed by atoms with Crippen molar-refractivity contribution in [3.63, 3.8) is 0 Å². The molecule has 4 rings (SSSR count). The zero-order valence-corrected chi connectivity index (χ0v) is 44.3. The highest BCUT2D eigenvalue weighted by molar-refractivity contribution is 5.98. The normalized spacial score (nSPS) is 14.7. The molecule has 0 radical (unpaired) electrons. The number of amides is 8. The summed E-state index contributed by atoms with van der Waals surface area (Å²) in [6.45, 7) is 8.73. The number of H-pyrrole nitrogens is 1. The Morgan fingerprint density at radius 1 is 0.584 bits per heavy atom. The summed E-state index contributed by atoms with van der Waals surface area (Å²) in [6, 6.07) is 14.2. The van der Waals surface area contributed by atoms with Crippen molar-refractivity contribution in [2.45, 2.75) is 128 Å². The van der Waals surface area contributed by atoms with Crippen LogP contribution in [0.15, 0.2) is 91.1 Å². The molecule has 1 aromatic heterocycles. The second-order valence-corrected chi connectivity index (χ2v) is 19.7. The minimum Gasteiger partial charge on any atom is -0.481 e. The number of para-hydroxylation sites is 1. The van der Waals surface area contributed by atoms with Gasteiger partial charge in [-0.25, -0.2) is 0 Å². The van der Waals surface area contributed by atoms with Crippen LogP contribution in [0.25, 0.3) is 10.9 Å². The van der Waals surface area contributed by atoms with Crippen LogP contribution in [0.2, 0.25) is 0 Å². The number of aliphatic carboxylic acids is 1. The van der Waals surface area contributed by atoms with Gasteiger partial charge in [0.15, 0.2) is 0 Å². The third kappa shape index (κ3) is 19.3. The number of carboxylic acids is 1. The number of nitrogens with two attached hydrogens (primary N) is 1. The predicted molar refractivity (Wildman–Crippen MR) is 286 cm³/mol. The number of carbonyl (C=O) groups is 10. The molecule has 22 nitrogen and oxygen atoms in total. The van der Waals surface area contributed by atoms with Crippen molar-refractivity contribution >= 4 is 70.4 Å². The number of rotatable bonds is 31. The maximum atomic E-state index is 14.3. The van der Waals surface area contributed by atoms with Crippen LogP contribution in [0.1, 0.15) is 77.5 Å². The molecule has 0 saturated carbocycles. The number of aliphatic hydroxyl groups excluding tert-OH is 1. The summed E-state index contributed by atoms with van der Waals surface area (Å²) in [5.74, 6) is -9.32. The second-order valence-electron chi connectivity index (χ2n) is 19.7. The highest BCUT2D eigenvalue weighted by Crippen LogP contribution is 2.19. The van der Waals surface area contributed by atoms with Crippen molar-refractivity contribution in [3.8, 4) is 0 Å². The van der Waals surface area contributed by atoms with Crippen molar-refractivity contribution in [1.29, 1.82) is 0 Å². The number of hydrogen-bond acceptors (Lipinski definition) is 12. The molecule has 4 aromatic rings. The zero-order chi connectivity index (χ0) is 56.8. The van der Waals surface area contributed by atoms with Crippen LogP contribution in [0.4, 0.5) is 0 Å². The maximum Gasteiger partial charge on any atom is 0.303 e. The van der Waals surface area contributed by atoms with Crippen LogP contribution in [0.5, 0.6) is 0 Å². The van der Waals surface area contributed by atoms with E-state index in [-0.39, 0.29) is 25.2 Å². The van der Waals surface area contributed by atoms with Gasteiger partial charge in [-0.3, -0.25) is 43.2 Å². The molecule has 0 aliphatic rings. The maximum absolute atomic E-state index is 14.3. The number of aromatic nitrogens is 1. The van der Waals surface area contributed by atoms with Gasteiger partial charge in [-0.1, -0.05) is 127 Å². The summed E-state index contributed by atoms with van der Waals surface area (Å²) in [4.78, 5) is 137. The number of aliphatic hydroxyl groups is 1. The predicted octanol–water partition coefficient (Wildman–Crippen LogP) is 0.447. The molecule has 13 N–H and O–H groups in total. The molecule has 8 amide bonds. The van der Waals surface area contributed by atoms with Crippen LogP contribution in [0.3, 0.4) is 0 Å². The van der Waals surface area contributed by atoms with E-state index in [0.717, 1.165) is 16.5 Å². The van der Waals surface area contributed by atoms with Crippen molar-refractivity contribution in [2.24, 2.45) is 23.5 Å². The van der Waals surface area contributed by atoms with E-state index in [4.69, 9.17) is 5.73 Å². The number of aldehydes is 1. The Bertz CT molecular complexity index is 2650. The summed E-state index contributed by atoms with van der Waals surface area (Å²) in [7, 11) is 0. The molecule has 3 aromatic carbocycles. The number of benzene rings is 3. The van der Waals surface area contributed by atoms with Gasteiger partial charge in [0.2, 0.25) is 47.3 Å². The van der Waals surface area contributed by atoms with E-state index < -0.39 is 139 Å². The van der Waals surface area contributed by atoms with Gasteiger partial charge in [-0.2, -0.15) is 0 Å². The van der Waals surface area contributed by atoms with Gasteiger partial charge in [0.05, 0.1) is 25.2 Å². The first-order chi connectivity index (χ1) is 36.6. The molecule has 0 bridgehead atoms. The molecule has 77 heavy (non-hydrogen) atoms. The van der Waals surface area contributed by atoms with Crippen LogP contribution in [-0.2, 0) is 67.2 Å². The van der Waals surface area contributed by atoms with E-state index in [1.54, 1.807) is 108 Å². The number of hydrogen-bond donors (Lipinski definition) is 12. The van der Waals surface area contributed by atoms with Crippen molar-refractivity contribution in [3.05, 3.63) is 108 Å². The molecule has 1 heterocycles. The number of carboxylic acid groups (broad SMARTS) is 1. The highest BCUT2D eigenvalue weighted by atomic mass is 16.4. The largest absolute Gasteiger partial charge is 0.481 e. The molecule has 0 spiro atoms. The van der Waals surface area contributed by atoms with Crippen molar-refractivity contribution in [1.82, 2.24) is 47.5 Å². The van der Waals surface area contributed by atoms with E-state index in [9.17, 15) is 58.2 Å². The number of aromatic amines is 1. The van der Waals surface area contributed by atoms with Gasteiger partial charge in [-0.05, 0) is 46.9 Å². The monoisotopic (exact) mass is 1070 g/mol. The lowest BCUT2D eigenvalue weighted by molar-refractivity contribution is -0.139. The summed E-state index contributed by atoms with van der Waals surface area (Å²) in [6.07, 6.45) is 1.56. The smallest absolute Gasteiger partial charge is 0.303 e. The van der Waals surface area contributed by atoms with Crippen LogP contribution < -0.4 is 48.3 Å². The standard InChI is InChI=1S/C55H74N10O12/c1-7-33(6)48(65-51(73)42(25-35-18-12-9-13-19-35)62-52(74)43(30-67)63-53(75)46(56)31(2)3)55(77)60-40(22-23-45(69)70)49(71)61-41(24-34-16-10-8-11-17-34)50(72)64-47(32(4)5)54(76)58-28-44(68)59-37(29-66)26-36-27-57-39-21-15-14-20-38(36)39/h8-21,27,29,31-33,37,40-43,46-48,57,67H,7,22-26,28,30,56H2,1-6H3,(H,58,76)(H,59,68)(H,60,77)(H,61,71)(H,62,74)(H,63,75)(H,64,72)(H,65,73)(H,69,70)/t33-,37-,40-,41-,42-,43-,46-,47-,48-/m0/s1. The summed E-state index contributed by atoms with van der Waals surface area (Å²) in [5.41, 5.74) is 8.81. The molecule has 416 valence electrons. The molecule has 0 aliphatic carbocycles. The summed E-state index contributed by atoms with van der Waals surface area (Å²) in [5, 5.41) is 41.3. The SMILES string of the molecule is CC[C@H](C)[C@H](NC(=O)[C@H](Cc1ccccc1)NC(=O)[C@H](CO)NC(=O)[C@@H](N)C(C)C)C(=O)N[C@@H](CCC(=O)O)C(=O)N[C@@H](Cc1ccccc1)C(=O)N[C@H](C(=O)NCC(=O)N[C@H](C=O)Cc1c[nH]c2ccccc12)C(C)C. The fourth-order valence-corrected chi connectivity index (χ4v) is 8.18. The Hall–Kier alpha value is -7.98. The van der Waals surface area contributed by atoms with E-state index in [1.165, 1.54) is 0 Å². The lowest BCUT2D eigenvalue weighted by atomic mass is 9.96. The first-order valence-corrected chi connectivity index (χ1v) is 25.7. The lowest BCUT2D eigenvalue weighted by Gasteiger charge is -2.30. The van der Waals surface area contributed by atoms with Gasteiger partial charge in [-0.15, -0.1) is 0 Å². The molecule has 9 atom stereocenters. The molecule has 0 fully saturated rings. The van der Waals surface area contributed by atoms with Gasteiger partial charge >= 0.3 is 5.97 Å². The Morgan fingerprint density at radius 3 is 1.61 bits per heavy atom. The third-order valence-corrected chi connectivity index (χ3v) is 13.0. The number of fused-ring (bicyclic) bond motifs is 1. The Kier molecular flexibility index (Phi) is 24.4. The first kappa shape index (κ1) is 61.6. The molecular formula is C55H74N10O12. The van der Waals surface area contributed by atoms with Crippen molar-refractivity contribution in [2.75, 3.05) is 13.2 Å². The van der Waals surface area contributed by atoms with E-state index in [0.29, 0.717) is 23.8 Å². The minimum atomic E-state index is -1.59. The average molecular weight is 1070 g/mol. The Labute approximate surface area is 447 Å². The fourth-order valence-electron chi connectivity index (χ4n) is 8.18. The number of carbonyl (C=O) groups excluding carboxylic acids is 9. The highest BCUT2D eigenvalue weighted by Gasteiger charge is 2.36. The molecular weight excluding hydrogens is 993 g/mol. The molecule has 22 heteroatoms.